The topological polar surface area (TPSA) is 55.1 Å². The fourth-order valence-corrected chi connectivity index (χ4v) is 2.82. The fraction of sp³-hybridized carbons (Fsp3) is 0.688. The third kappa shape index (κ3) is 4.24. The van der Waals surface area contributed by atoms with E-state index in [1.54, 1.807) is 19.2 Å². The molecule has 0 aromatic carbocycles. The average molecular weight is 310 g/mol. The van der Waals surface area contributed by atoms with Crippen molar-refractivity contribution in [2.75, 3.05) is 47.5 Å². The van der Waals surface area contributed by atoms with Gasteiger partial charge in [0.05, 0.1) is 7.11 Å². The minimum Gasteiger partial charge on any atom is -0.468 e. The van der Waals surface area contributed by atoms with Crippen molar-refractivity contribution in [1.29, 1.82) is 0 Å². The van der Waals surface area contributed by atoms with E-state index in [4.69, 9.17) is 13.9 Å². The van der Waals surface area contributed by atoms with Gasteiger partial charge >= 0.3 is 0 Å². The summed E-state index contributed by atoms with van der Waals surface area (Å²) in [6.07, 6.45) is 2.81. The molecule has 22 heavy (non-hydrogen) atoms. The van der Waals surface area contributed by atoms with Crippen molar-refractivity contribution in [2.45, 2.75) is 25.3 Å². The smallest absolute Gasteiger partial charge is 0.289 e. The molecule has 0 spiro atoms. The standard InChI is InChI=1S/C16H26N2O4/c1-17-10-7-13(8-11-17)18(9-4-12-20-2)16(19)14-5-6-15(21-3)22-14/h5-6,13H,4,7-12H2,1-3H3. The van der Waals surface area contributed by atoms with Crippen LogP contribution < -0.4 is 4.74 Å². The van der Waals surface area contributed by atoms with Crippen molar-refractivity contribution in [2.24, 2.45) is 0 Å². The van der Waals surface area contributed by atoms with Gasteiger partial charge in [-0.3, -0.25) is 4.79 Å². The number of hydrogen-bond acceptors (Lipinski definition) is 5. The maximum absolute atomic E-state index is 12.8. The summed E-state index contributed by atoms with van der Waals surface area (Å²) in [5.74, 6) is 0.644. The number of piperidine rings is 1. The largest absolute Gasteiger partial charge is 0.468 e. The fourth-order valence-electron chi connectivity index (χ4n) is 2.82. The first-order chi connectivity index (χ1) is 10.7. The van der Waals surface area contributed by atoms with Gasteiger partial charge in [0, 0.05) is 32.4 Å². The molecule has 0 saturated carbocycles. The SMILES string of the molecule is COCCCN(C(=O)c1ccc(OC)o1)C1CCN(C)CC1. The number of amides is 1. The van der Waals surface area contributed by atoms with Crippen molar-refractivity contribution in [3.05, 3.63) is 17.9 Å². The molecule has 0 atom stereocenters. The van der Waals surface area contributed by atoms with E-state index in [0.29, 0.717) is 24.9 Å². The first-order valence-electron chi connectivity index (χ1n) is 7.78. The maximum Gasteiger partial charge on any atom is 0.289 e. The minimum atomic E-state index is -0.0612. The Hall–Kier alpha value is -1.53. The van der Waals surface area contributed by atoms with Gasteiger partial charge in [0.25, 0.3) is 11.9 Å². The van der Waals surface area contributed by atoms with E-state index in [9.17, 15) is 4.79 Å². The molecule has 0 N–H and O–H groups in total. The summed E-state index contributed by atoms with van der Waals surface area (Å²) in [7, 11) is 5.32. The van der Waals surface area contributed by atoms with Crippen molar-refractivity contribution >= 4 is 5.91 Å². The highest BCUT2D eigenvalue weighted by atomic mass is 16.6. The highest BCUT2D eigenvalue weighted by Gasteiger charge is 2.29. The van der Waals surface area contributed by atoms with Crippen molar-refractivity contribution in [3.63, 3.8) is 0 Å². The summed E-state index contributed by atoms with van der Waals surface area (Å²) < 4.78 is 15.6. The molecule has 2 rings (SSSR count). The summed E-state index contributed by atoms with van der Waals surface area (Å²) in [4.78, 5) is 17.0. The van der Waals surface area contributed by atoms with Crippen LogP contribution in [0, 0.1) is 0 Å². The quantitative estimate of drug-likeness (QED) is 0.720. The number of carbonyl (C=O) groups is 1. The monoisotopic (exact) mass is 310 g/mol. The summed E-state index contributed by atoms with van der Waals surface area (Å²) in [5, 5.41) is 0. The van der Waals surface area contributed by atoms with Crippen LogP contribution in [0.15, 0.2) is 16.5 Å². The number of ether oxygens (including phenoxy) is 2. The Kier molecular flexibility index (Phi) is 6.27. The van der Waals surface area contributed by atoms with E-state index in [1.165, 1.54) is 7.11 Å². The molecule has 1 aliphatic rings. The molecule has 6 heteroatoms. The van der Waals surface area contributed by atoms with E-state index in [0.717, 1.165) is 32.4 Å². The van der Waals surface area contributed by atoms with Gasteiger partial charge in [0.15, 0.2) is 5.76 Å². The van der Waals surface area contributed by atoms with Crippen LogP contribution in [0.4, 0.5) is 0 Å². The Bertz CT molecular complexity index is 466. The molecule has 124 valence electrons. The summed E-state index contributed by atoms with van der Waals surface area (Å²) in [6.45, 7) is 3.36. The van der Waals surface area contributed by atoms with Crippen molar-refractivity contribution in [3.8, 4) is 5.95 Å². The van der Waals surface area contributed by atoms with Crippen molar-refractivity contribution < 1.29 is 18.7 Å². The third-order valence-corrected chi connectivity index (χ3v) is 4.13. The van der Waals surface area contributed by atoms with Crippen LogP contribution in [0.25, 0.3) is 0 Å². The Morgan fingerprint density at radius 1 is 1.36 bits per heavy atom. The zero-order valence-corrected chi connectivity index (χ0v) is 13.7. The molecule has 1 amide bonds. The van der Waals surface area contributed by atoms with E-state index in [2.05, 4.69) is 11.9 Å². The van der Waals surface area contributed by atoms with Crippen LogP contribution in [-0.4, -0.2) is 69.3 Å². The second kappa shape index (κ2) is 8.19. The van der Waals surface area contributed by atoms with E-state index in [1.807, 2.05) is 4.90 Å². The van der Waals surface area contributed by atoms with Gasteiger partial charge in [0.1, 0.15) is 0 Å². The van der Waals surface area contributed by atoms with Crippen LogP contribution >= 0.6 is 0 Å². The summed E-state index contributed by atoms with van der Waals surface area (Å²) >= 11 is 0. The van der Waals surface area contributed by atoms with Gasteiger partial charge < -0.3 is 23.7 Å². The lowest BCUT2D eigenvalue weighted by molar-refractivity contribution is 0.0528. The molecule has 0 bridgehead atoms. The van der Waals surface area contributed by atoms with Crippen molar-refractivity contribution in [1.82, 2.24) is 9.80 Å². The predicted octanol–water partition coefficient (Wildman–Crippen LogP) is 1.86. The Labute approximate surface area is 132 Å². The summed E-state index contributed by atoms with van der Waals surface area (Å²) in [6, 6.07) is 3.62. The first kappa shape index (κ1) is 16.8. The number of carbonyl (C=O) groups excluding carboxylic acids is 1. The molecular weight excluding hydrogens is 284 g/mol. The Balaban J connectivity index is 2.06. The van der Waals surface area contributed by atoms with Crippen LogP contribution in [0.2, 0.25) is 0 Å². The normalized spacial score (nSPS) is 16.7. The van der Waals surface area contributed by atoms with E-state index >= 15 is 0 Å². The molecule has 1 saturated heterocycles. The predicted molar refractivity (Wildman–Crippen MR) is 83.3 cm³/mol. The Morgan fingerprint density at radius 3 is 2.68 bits per heavy atom. The Morgan fingerprint density at radius 2 is 2.09 bits per heavy atom. The number of furan rings is 1. The molecule has 0 radical (unpaired) electrons. The van der Waals surface area contributed by atoms with Crippen LogP contribution in [0.5, 0.6) is 5.95 Å². The number of rotatable bonds is 7. The third-order valence-electron chi connectivity index (χ3n) is 4.13. The van der Waals surface area contributed by atoms with Gasteiger partial charge in [-0.15, -0.1) is 0 Å². The second-order valence-electron chi connectivity index (χ2n) is 5.70. The molecule has 2 heterocycles. The zero-order valence-electron chi connectivity index (χ0n) is 13.7. The molecule has 1 fully saturated rings. The average Bonchev–Trinajstić information content (AvgIpc) is 3.01. The zero-order chi connectivity index (χ0) is 15.9. The molecule has 1 aromatic heterocycles. The van der Waals surface area contributed by atoms with Gasteiger partial charge in [0.2, 0.25) is 0 Å². The molecule has 1 aromatic rings. The van der Waals surface area contributed by atoms with Crippen LogP contribution in [0.3, 0.4) is 0 Å². The lowest BCUT2D eigenvalue weighted by atomic mass is 10.0. The van der Waals surface area contributed by atoms with Crippen LogP contribution in [-0.2, 0) is 4.74 Å². The van der Waals surface area contributed by atoms with Gasteiger partial charge in [-0.25, -0.2) is 0 Å². The number of likely N-dealkylation sites (tertiary alicyclic amines) is 1. The van der Waals surface area contributed by atoms with Crippen LogP contribution in [0.1, 0.15) is 29.8 Å². The minimum absolute atomic E-state index is 0.0612. The lowest BCUT2D eigenvalue weighted by Crippen LogP contribution is -2.47. The highest BCUT2D eigenvalue weighted by molar-refractivity contribution is 5.91. The van der Waals surface area contributed by atoms with Gasteiger partial charge in [-0.1, -0.05) is 0 Å². The van der Waals surface area contributed by atoms with Gasteiger partial charge in [-0.05, 0) is 45.5 Å². The highest BCUT2D eigenvalue weighted by Crippen LogP contribution is 2.22. The molecule has 1 aliphatic heterocycles. The molecule has 0 aliphatic carbocycles. The van der Waals surface area contributed by atoms with E-state index in [-0.39, 0.29) is 11.9 Å². The number of hydrogen-bond donors (Lipinski definition) is 0. The molecular formula is C16H26N2O4. The number of nitrogens with zero attached hydrogens (tertiary/aromatic N) is 2. The maximum atomic E-state index is 12.8. The molecule has 6 nitrogen and oxygen atoms in total. The molecule has 0 unspecified atom stereocenters. The van der Waals surface area contributed by atoms with E-state index < -0.39 is 0 Å². The lowest BCUT2D eigenvalue weighted by Gasteiger charge is -2.37. The summed E-state index contributed by atoms with van der Waals surface area (Å²) in [5.41, 5.74) is 0. The van der Waals surface area contributed by atoms with Gasteiger partial charge in [-0.2, -0.15) is 0 Å². The second-order valence-corrected chi connectivity index (χ2v) is 5.70. The first-order valence-corrected chi connectivity index (χ1v) is 7.78. The number of methoxy groups -OCH3 is 2.